The Morgan fingerprint density at radius 2 is 1.95 bits per heavy atom. The van der Waals surface area contributed by atoms with Gasteiger partial charge in [0.2, 0.25) is 0 Å². The van der Waals surface area contributed by atoms with Gasteiger partial charge in [-0.3, -0.25) is 0 Å². The maximum absolute atomic E-state index is 13.6. The predicted octanol–water partition coefficient (Wildman–Crippen LogP) is 3.82. The van der Waals surface area contributed by atoms with E-state index >= 15 is 0 Å². The van der Waals surface area contributed by atoms with Gasteiger partial charge in [0, 0.05) is 6.07 Å². The molecule has 0 aliphatic carbocycles. The smallest absolute Gasteiger partial charge is 0.129 e. The second kappa shape index (κ2) is 5.26. The van der Waals surface area contributed by atoms with Gasteiger partial charge in [0.25, 0.3) is 0 Å². The standard InChI is InChI=1S/C15H12F2N2S/c16-10-6-5-9(11(17)8-10)7-12(18)15-19-13-3-1-2-4-14(13)20-15/h1-6,8,12H,7,18H2. The van der Waals surface area contributed by atoms with Crippen LogP contribution in [0.5, 0.6) is 0 Å². The molecule has 0 spiro atoms. The second-order valence-electron chi connectivity index (χ2n) is 4.57. The minimum absolute atomic E-state index is 0.298. The highest BCUT2D eigenvalue weighted by molar-refractivity contribution is 7.18. The maximum atomic E-state index is 13.6. The van der Waals surface area contributed by atoms with Gasteiger partial charge in [-0.15, -0.1) is 11.3 Å². The van der Waals surface area contributed by atoms with Gasteiger partial charge in [0.1, 0.15) is 16.6 Å². The molecule has 0 aliphatic rings. The maximum Gasteiger partial charge on any atom is 0.129 e. The molecule has 20 heavy (non-hydrogen) atoms. The van der Waals surface area contributed by atoms with Crippen LogP contribution in [0.4, 0.5) is 8.78 Å². The van der Waals surface area contributed by atoms with Crippen molar-refractivity contribution >= 4 is 21.6 Å². The Morgan fingerprint density at radius 3 is 2.70 bits per heavy atom. The highest BCUT2D eigenvalue weighted by atomic mass is 32.1. The highest BCUT2D eigenvalue weighted by Gasteiger charge is 2.15. The van der Waals surface area contributed by atoms with E-state index in [-0.39, 0.29) is 0 Å². The monoisotopic (exact) mass is 290 g/mol. The Bertz CT molecular complexity index is 721. The third kappa shape index (κ3) is 2.55. The molecule has 1 heterocycles. The lowest BCUT2D eigenvalue weighted by Crippen LogP contribution is -2.14. The molecule has 5 heteroatoms. The summed E-state index contributed by atoms with van der Waals surface area (Å²) < 4.78 is 27.5. The zero-order valence-corrected chi connectivity index (χ0v) is 11.3. The first kappa shape index (κ1) is 13.1. The van der Waals surface area contributed by atoms with Gasteiger partial charge in [-0.2, -0.15) is 0 Å². The zero-order chi connectivity index (χ0) is 14.1. The summed E-state index contributed by atoms with van der Waals surface area (Å²) in [5.74, 6) is -1.15. The van der Waals surface area contributed by atoms with Crippen LogP contribution in [0, 0.1) is 11.6 Å². The van der Waals surface area contributed by atoms with Crippen molar-refractivity contribution in [2.24, 2.45) is 5.73 Å². The van der Waals surface area contributed by atoms with Crippen molar-refractivity contribution in [1.29, 1.82) is 0 Å². The number of fused-ring (bicyclic) bond motifs is 1. The van der Waals surface area contributed by atoms with E-state index < -0.39 is 17.7 Å². The summed E-state index contributed by atoms with van der Waals surface area (Å²) in [6, 6.07) is 10.9. The van der Waals surface area contributed by atoms with Crippen LogP contribution in [0.2, 0.25) is 0 Å². The fourth-order valence-electron chi connectivity index (χ4n) is 2.06. The lowest BCUT2D eigenvalue weighted by molar-refractivity contribution is 0.563. The van der Waals surface area contributed by atoms with Crippen molar-refractivity contribution in [3.8, 4) is 0 Å². The van der Waals surface area contributed by atoms with Crippen LogP contribution < -0.4 is 5.73 Å². The molecule has 0 bridgehead atoms. The van der Waals surface area contributed by atoms with Gasteiger partial charge in [-0.1, -0.05) is 18.2 Å². The van der Waals surface area contributed by atoms with Crippen LogP contribution in [-0.4, -0.2) is 4.98 Å². The number of aromatic nitrogens is 1. The van der Waals surface area contributed by atoms with Gasteiger partial charge in [-0.25, -0.2) is 13.8 Å². The van der Waals surface area contributed by atoms with Crippen molar-refractivity contribution in [2.75, 3.05) is 0 Å². The Labute approximate surface area is 118 Å². The summed E-state index contributed by atoms with van der Waals surface area (Å²) in [4.78, 5) is 4.45. The number of hydrogen-bond donors (Lipinski definition) is 1. The summed E-state index contributed by atoms with van der Waals surface area (Å²) >= 11 is 1.50. The first-order chi connectivity index (χ1) is 9.63. The van der Waals surface area contributed by atoms with Crippen molar-refractivity contribution < 1.29 is 8.78 Å². The molecular weight excluding hydrogens is 278 g/mol. The minimum atomic E-state index is -0.584. The number of para-hydroxylation sites is 1. The molecular formula is C15H12F2N2S. The topological polar surface area (TPSA) is 38.9 Å². The van der Waals surface area contributed by atoms with Gasteiger partial charge in [-0.05, 0) is 30.2 Å². The summed E-state index contributed by atoms with van der Waals surface area (Å²) in [5.41, 5.74) is 7.38. The third-order valence-electron chi connectivity index (χ3n) is 3.08. The molecule has 1 unspecified atom stereocenters. The number of hydrogen-bond acceptors (Lipinski definition) is 3. The van der Waals surface area contributed by atoms with Gasteiger partial charge < -0.3 is 5.73 Å². The van der Waals surface area contributed by atoms with Crippen LogP contribution in [0.1, 0.15) is 16.6 Å². The fourth-order valence-corrected chi connectivity index (χ4v) is 3.03. The Kier molecular flexibility index (Phi) is 3.46. The molecule has 2 N–H and O–H groups in total. The molecule has 0 saturated carbocycles. The first-order valence-electron chi connectivity index (χ1n) is 6.18. The molecule has 2 aromatic carbocycles. The average molecular weight is 290 g/mol. The number of rotatable bonds is 3. The molecule has 102 valence electrons. The van der Waals surface area contributed by atoms with E-state index in [4.69, 9.17) is 5.73 Å². The fraction of sp³-hybridized carbons (Fsp3) is 0.133. The largest absolute Gasteiger partial charge is 0.322 e. The molecule has 0 fully saturated rings. The Balaban J connectivity index is 1.86. The van der Waals surface area contributed by atoms with E-state index in [2.05, 4.69) is 4.98 Å². The summed E-state index contributed by atoms with van der Waals surface area (Å²) in [5, 5.41) is 0.759. The first-order valence-corrected chi connectivity index (χ1v) is 7.00. The molecule has 3 aromatic rings. The van der Waals surface area contributed by atoms with Crippen molar-refractivity contribution in [1.82, 2.24) is 4.98 Å². The van der Waals surface area contributed by atoms with E-state index in [1.807, 2.05) is 24.3 Å². The van der Waals surface area contributed by atoms with Crippen LogP contribution in [-0.2, 0) is 6.42 Å². The Hall–Kier alpha value is -1.85. The summed E-state index contributed by atoms with van der Waals surface area (Å²) in [7, 11) is 0. The van der Waals surface area contributed by atoms with Crippen molar-refractivity contribution in [2.45, 2.75) is 12.5 Å². The average Bonchev–Trinajstić information content (AvgIpc) is 2.86. The molecule has 0 aliphatic heterocycles. The number of benzene rings is 2. The van der Waals surface area contributed by atoms with Crippen LogP contribution in [0.3, 0.4) is 0 Å². The van der Waals surface area contributed by atoms with Crippen molar-refractivity contribution in [3.63, 3.8) is 0 Å². The number of nitrogens with two attached hydrogens (primary N) is 1. The highest BCUT2D eigenvalue weighted by Crippen LogP contribution is 2.27. The number of nitrogens with zero attached hydrogens (tertiary/aromatic N) is 1. The molecule has 1 atom stereocenters. The molecule has 2 nitrogen and oxygen atoms in total. The van der Waals surface area contributed by atoms with E-state index in [1.54, 1.807) is 0 Å². The van der Waals surface area contributed by atoms with E-state index in [9.17, 15) is 8.78 Å². The van der Waals surface area contributed by atoms with Crippen molar-refractivity contribution in [3.05, 3.63) is 64.7 Å². The zero-order valence-electron chi connectivity index (χ0n) is 10.5. The van der Waals surface area contributed by atoms with Gasteiger partial charge in [0.05, 0.1) is 16.3 Å². The van der Waals surface area contributed by atoms with E-state index in [0.717, 1.165) is 21.3 Å². The number of thiazole rings is 1. The lowest BCUT2D eigenvalue weighted by Gasteiger charge is -2.09. The number of halogens is 2. The molecule has 1 aromatic heterocycles. The van der Waals surface area contributed by atoms with Gasteiger partial charge in [0.15, 0.2) is 0 Å². The second-order valence-corrected chi connectivity index (χ2v) is 5.63. The van der Waals surface area contributed by atoms with Crippen LogP contribution in [0.15, 0.2) is 42.5 Å². The molecule has 3 rings (SSSR count). The van der Waals surface area contributed by atoms with Crippen LogP contribution >= 0.6 is 11.3 Å². The predicted molar refractivity (Wildman–Crippen MR) is 76.6 cm³/mol. The molecule has 0 radical (unpaired) electrons. The van der Waals surface area contributed by atoms with E-state index in [0.29, 0.717) is 12.0 Å². The Morgan fingerprint density at radius 1 is 1.15 bits per heavy atom. The third-order valence-corrected chi connectivity index (χ3v) is 4.25. The molecule has 0 amide bonds. The van der Waals surface area contributed by atoms with Crippen LogP contribution in [0.25, 0.3) is 10.2 Å². The minimum Gasteiger partial charge on any atom is -0.322 e. The summed E-state index contributed by atoms with van der Waals surface area (Å²) in [6.45, 7) is 0. The quantitative estimate of drug-likeness (QED) is 0.796. The normalized spacial score (nSPS) is 12.8. The van der Waals surface area contributed by atoms with E-state index in [1.165, 1.54) is 23.5 Å². The SMILES string of the molecule is NC(Cc1ccc(F)cc1F)c1nc2ccccc2s1. The lowest BCUT2D eigenvalue weighted by atomic mass is 10.1. The van der Waals surface area contributed by atoms with Gasteiger partial charge >= 0.3 is 0 Å². The molecule has 0 saturated heterocycles. The summed E-state index contributed by atoms with van der Waals surface area (Å²) in [6.07, 6.45) is 0.298.